The molecule has 0 atom stereocenters. The molecular weight excluding hydrogens is 278 g/mol. The number of aromatic nitrogens is 2. The third-order valence-electron chi connectivity index (χ3n) is 2.54. The number of rotatable bonds is 6. The molecule has 20 heavy (non-hydrogen) atoms. The van der Waals surface area contributed by atoms with Crippen molar-refractivity contribution in [2.75, 3.05) is 12.3 Å². The van der Waals surface area contributed by atoms with Gasteiger partial charge in [-0.2, -0.15) is 9.97 Å². The molecule has 1 aromatic heterocycles. The Morgan fingerprint density at radius 3 is 2.40 bits per heavy atom. The van der Waals surface area contributed by atoms with E-state index >= 15 is 0 Å². The fraction of sp³-hybridized carbons (Fsp3) is 0.286. The summed E-state index contributed by atoms with van der Waals surface area (Å²) in [5.74, 6) is 0.675. The van der Waals surface area contributed by atoms with Crippen LogP contribution in [0.1, 0.15) is 18.9 Å². The highest BCUT2D eigenvalue weighted by atomic mass is 35.5. The molecule has 0 fully saturated rings. The Morgan fingerprint density at radius 2 is 1.75 bits per heavy atom. The Hall–Kier alpha value is -2.01. The van der Waals surface area contributed by atoms with Gasteiger partial charge in [-0.1, -0.05) is 30.7 Å². The van der Waals surface area contributed by atoms with Gasteiger partial charge in [0.1, 0.15) is 12.9 Å². The first-order valence-corrected chi connectivity index (χ1v) is 6.69. The minimum Gasteiger partial charge on any atom is -0.476 e. The fourth-order valence-corrected chi connectivity index (χ4v) is 1.65. The molecule has 1 aromatic carbocycles. The third kappa shape index (κ3) is 3.74. The Morgan fingerprint density at radius 1 is 1.10 bits per heavy atom. The molecular formula is C14H16ClN3O2. The Labute approximate surface area is 122 Å². The lowest BCUT2D eigenvalue weighted by Gasteiger charge is -2.10. The van der Waals surface area contributed by atoms with Gasteiger partial charge in [0.2, 0.25) is 11.8 Å². The maximum Gasteiger partial charge on any atom is 0.244 e. The van der Waals surface area contributed by atoms with Crippen LogP contribution in [-0.4, -0.2) is 16.6 Å². The number of hydrogen-bond donors (Lipinski definition) is 1. The van der Waals surface area contributed by atoms with Gasteiger partial charge in [-0.15, -0.1) is 0 Å². The molecule has 0 unspecified atom stereocenters. The zero-order chi connectivity index (χ0) is 14.4. The SMILES string of the molecule is CCCOc1ncnc(OCc2ccc(Cl)cc2)c1N. The van der Waals surface area contributed by atoms with Crippen LogP contribution in [0.2, 0.25) is 5.02 Å². The summed E-state index contributed by atoms with van der Waals surface area (Å²) in [4.78, 5) is 8.00. The number of nitrogens with zero attached hydrogens (tertiary/aromatic N) is 2. The fourth-order valence-electron chi connectivity index (χ4n) is 1.53. The topological polar surface area (TPSA) is 70.3 Å². The van der Waals surface area contributed by atoms with Gasteiger partial charge in [0, 0.05) is 5.02 Å². The van der Waals surface area contributed by atoms with Crippen LogP contribution in [0.3, 0.4) is 0 Å². The smallest absolute Gasteiger partial charge is 0.244 e. The van der Waals surface area contributed by atoms with Gasteiger partial charge < -0.3 is 15.2 Å². The van der Waals surface area contributed by atoms with E-state index < -0.39 is 0 Å². The molecule has 6 heteroatoms. The predicted molar refractivity (Wildman–Crippen MR) is 78.0 cm³/mol. The summed E-state index contributed by atoms with van der Waals surface area (Å²) in [5, 5.41) is 0.686. The van der Waals surface area contributed by atoms with Crippen molar-refractivity contribution in [2.24, 2.45) is 0 Å². The Balaban J connectivity index is 2.03. The molecule has 2 rings (SSSR count). The summed E-state index contributed by atoms with van der Waals surface area (Å²) in [5.41, 5.74) is 7.21. The minimum atomic E-state index is 0.315. The number of nitrogen functional groups attached to an aromatic ring is 1. The van der Waals surface area contributed by atoms with Gasteiger partial charge in [0.05, 0.1) is 6.61 Å². The average molecular weight is 294 g/mol. The van der Waals surface area contributed by atoms with E-state index in [1.807, 2.05) is 19.1 Å². The van der Waals surface area contributed by atoms with Crippen molar-refractivity contribution in [2.45, 2.75) is 20.0 Å². The first-order valence-electron chi connectivity index (χ1n) is 6.31. The van der Waals surface area contributed by atoms with Gasteiger partial charge in [-0.05, 0) is 24.1 Å². The van der Waals surface area contributed by atoms with Crippen LogP contribution in [0.15, 0.2) is 30.6 Å². The predicted octanol–water partition coefficient (Wildman–Crippen LogP) is 3.08. The van der Waals surface area contributed by atoms with Crippen molar-refractivity contribution in [1.82, 2.24) is 9.97 Å². The van der Waals surface area contributed by atoms with Crippen LogP contribution in [-0.2, 0) is 6.61 Å². The van der Waals surface area contributed by atoms with Gasteiger partial charge in [0.15, 0.2) is 5.69 Å². The largest absolute Gasteiger partial charge is 0.476 e. The van der Waals surface area contributed by atoms with Crippen molar-refractivity contribution < 1.29 is 9.47 Å². The maximum absolute atomic E-state index is 5.92. The molecule has 0 aliphatic heterocycles. The summed E-state index contributed by atoms with van der Waals surface area (Å²) < 4.78 is 11.0. The third-order valence-corrected chi connectivity index (χ3v) is 2.79. The first kappa shape index (κ1) is 14.4. The highest BCUT2D eigenvalue weighted by Gasteiger charge is 2.10. The van der Waals surface area contributed by atoms with E-state index in [0.29, 0.717) is 35.7 Å². The Kier molecular flexibility index (Phi) is 5.01. The normalized spacial score (nSPS) is 10.3. The van der Waals surface area contributed by atoms with Crippen LogP contribution in [0.5, 0.6) is 11.8 Å². The van der Waals surface area contributed by atoms with Crippen LogP contribution in [0.4, 0.5) is 5.69 Å². The van der Waals surface area contributed by atoms with E-state index in [1.165, 1.54) is 6.33 Å². The molecule has 0 amide bonds. The van der Waals surface area contributed by atoms with E-state index in [0.717, 1.165) is 12.0 Å². The highest BCUT2D eigenvalue weighted by molar-refractivity contribution is 6.30. The zero-order valence-corrected chi connectivity index (χ0v) is 11.9. The average Bonchev–Trinajstić information content (AvgIpc) is 2.47. The number of hydrogen-bond acceptors (Lipinski definition) is 5. The lowest BCUT2D eigenvalue weighted by molar-refractivity contribution is 0.282. The van der Waals surface area contributed by atoms with Crippen LogP contribution in [0.25, 0.3) is 0 Å². The van der Waals surface area contributed by atoms with Crippen LogP contribution >= 0.6 is 11.6 Å². The molecule has 5 nitrogen and oxygen atoms in total. The molecule has 0 aliphatic carbocycles. The lowest BCUT2D eigenvalue weighted by Crippen LogP contribution is -2.06. The molecule has 106 valence electrons. The molecule has 0 radical (unpaired) electrons. The number of nitrogens with two attached hydrogens (primary N) is 1. The number of benzene rings is 1. The standard InChI is InChI=1S/C14H16ClN3O2/c1-2-7-19-13-12(16)14(18-9-17-13)20-8-10-3-5-11(15)6-4-10/h3-6,9H,2,7-8,16H2,1H3. The molecule has 0 bridgehead atoms. The van der Waals surface area contributed by atoms with Gasteiger partial charge in [0.25, 0.3) is 0 Å². The second-order valence-corrected chi connectivity index (χ2v) is 4.60. The summed E-state index contributed by atoms with van der Waals surface area (Å²) in [6.45, 7) is 2.92. The van der Waals surface area contributed by atoms with E-state index in [9.17, 15) is 0 Å². The number of halogens is 1. The molecule has 2 aromatic rings. The number of ether oxygens (including phenoxy) is 2. The molecule has 0 saturated heterocycles. The first-order chi connectivity index (χ1) is 9.70. The van der Waals surface area contributed by atoms with Crippen molar-refractivity contribution >= 4 is 17.3 Å². The molecule has 1 heterocycles. The molecule has 0 aliphatic rings. The minimum absolute atomic E-state index is 0.315. The van der Waals surface area contributed by atoms with Gasteiger partial charge >= 0.3 is 0 Å². The quantitative estimate of drug-likeness (QED) is 0.886. The van der Waals surface area contributed by atoms with E-state index in [-0.39, 0.29) is 0 Å². The van der Waals surface area contributed by atoms with Crippen molar-refractivity contribution in [3.63, 3.8) is 0 Å². The van der Waals surface area contributed by atoms with Gasteiger partial charge in [-0.3, -0.25) is 0 Å². The Bertz CT molecular complexity index is 561. The summed E-state index contributed by atoms with van der Waals surface area (Å²) in [6.07, 6.45) is 2.25. The highest BCUT2D eigenvalue weighted by Crippen LogP contribution is 2.27. The van der Waals surface area contributed by atoms with E-state index in [2.05, 4.69) is 9.97 Å². The molecule has 2 N–H and O–H groups in total. The maximum atomic E-state index is 5.92. The van der Waals surface area contributed by atoms with Crippen LogP contribution < -0.4 is 15.2 Å². The van der Waals surface area contributed by atoms with Gasteiger partial charge in [-0.25, -0.2) is 0 Å². The zero-order valence-electron chi connectivity index (χ0n) is 11.2. The second kappa shape index (κ2) is 6.96. The monoisotopic (exact) mass is 293 g/mol. The lowest BCUT2D eigenvalue weighted by atomic mass is 10.2. The van der Waals surface area contributed by atoms with E-state index in [1.54, 1.807) is 12.1 Å². The van der Waals surface area contributed by atoms with E-state index in [4.69, 9.17) is 26.8 Å². The second-order valence-electron chi connectivity index (χ2n) is 4.16. The summed E-state index contributed by atoms with van der Waals surface area (Å²) >= 11 is 5.83. The van der Waals surface area contributed by atoms with Crippen LogP contribution in [0, 0.1) is 0 Å². The summed E-state index contributed by atoms with van der Waals surface area (Å²) in [7, 11) is 0. The molecule has 0 spiro atoms. The van der Waals surface area contributed by atoms with Crippen molar-refractivity contribution in [3.05, 3.63) is 41.2 Å². The molecule has 0 saturated carbocycles. The number of anilines is 1. The summed E-state index contributed by atoms with van der Waals surface area (Å²) in [6, 6.07) is 7.38. The van der Waals surface area contributed by atoms with Crippen molar-refractivity contribution in [1.29, 1.82) is 0 Å². The van der Waals surface area contributed by atoms with Crippen molar-refractivity contribution in [3.8, 4) is 11.8 Å².